The van der Waals surface area contributed by atoms with E-state index in [0.29, 0.717) is 5.69 Å². The van der Waals surface area contributed by atoms with Gasteiger partial charge in [0.15, 0.2) is 0 Å². The van der Waals surface area contributed by atoms with Crippen LogP contribution < -0.4 is 16.4 Å². The van der Waals surface area contributed by atoms with Crippen molar-refractivity contribution >= 4 is 17.8 Å². The fraction of sp³-hybridized carbons (Fsp3) is 0.529. The number of unbranched alkanes of at least 4 members (excludes halogenated alkanes) is 1. The van der Waals surface area contributed by atoms with E-state index in [2.05, 4.69) is 22.5 Å². The van der Waals surface area contributed by atoms with Crippen LogP contribution in [-0.4, -0.2) is 47.0 Å². The van der Waals surface area contributed by atoms with Gasteiger partial charge < -0.3 is 21.5 Å². The Morgan fingerprint density at radius 2 is 1.96 bits per heavy atom. The van der Waals surface area contributed by atoms with E-state index in [1.165, 1.54) is 0 Å². The second-order valence-electron chi connectivity index (χ2n) is 5.74. The van der Waals surface area contributed by atoms with E-state index in [9.17, 15) is 14.4 Å². The number of carbonyl (C=O) groups is 3. The van der Waals surface area contributed by atoms with E-state index < -0.39 is 12.0 Å². The van der Waals surface area contributed by atoms with E-state index in [0.717, 1.165) is 24.8 Å². The molecule has 0 aromatic carbocycles. The van der Waals surface area contributed by atoms with Gasteiger partial charge in [0.05, 0.1) is 0 Å². The number of carboxylic acids is 1. The lowest BCUT2D eigenvalue weighted by Crippen LogP contribution is -2.36. The molecule has 25 heavy (non-hydrogen) atoms. The van der Waals surface area contributed by atoms with Crippen molar-refractivity contribution in [2.75, 3.05) is 13.1 Å². The van der Waals surface area contributed by atoms with Crippen LogP contribution in [0.2, 0.25) is 0 Å². The Morgan fingerprint density at radius 1 is 1.24 bits per heavy atom. The topological polar surface area (TPSA) is 134 Å². The lowest BCUT2D eigenvalue weighted by atomic mass is 10.1. The highest BCUT2D eigenvalue weighted by Gasteiger charge is 2.13. The predicted molar refractivity (Wildman–Crippen MR) is 93.0 cm³/mol. The number of aromatic nitrogens is 1. The van der Waals surface area contributed by atoms with Gasteiger partial charge in [0.1, 0.15) is 11.7 Å². The Bertz CT molecular complexity index is 575. The highest BCUT2D eigenvalue weighted by molar-refractivity contribution is 5.92. The summed E-state index contributed by atoms with van der Waals surface area (Å²) in [5, 5.41) is 13.9. The van der Waals surface area contributed by atoms with Crippen molar-refractivity contribution in [3.05, 3.63) is 29.6 Å². The molecule has 0 saturated carbocycles. The zero-order valence-corrected chi connectivity index (χ0v) is 14.5. The van der Waals surface area contributed by atoms with Gasteiger partial charge in [-0.25, -0.2) is 0 Å². The first-order valence-corrected chi connectivity index (χ1v) is 8.42. The molecule has 1 atom stereocenters. The predicted octanol–water partition coefficient (Wildman–Crippen LogP) is 0.462. The highest BCUT2D eigenvalue weighted by atomic mass is 16.4. The van der Waals surface area contributed by atoms with Gasteiger partial charge in [-0.1, -0.05) is 19.4 Å². The van der Waals surface area contributed by atoms with Crippen molar-refractivity contribution < 1.29 is 19.5 Å². The summed E-state index contributed by atoms with van der Waals surface area (Å²) in [4.78, 5) is 38.1. The van der Waals surface area contributed by atoms with Gasteiger partial charge in [0, 0.05) is 25.7 Å². The fourth-order valence-electron chi connectivity index (χ4n) is 2.05. The van der Waals surface area contributed by atoms with Gasteiger partial charge in [0.25, 0.3) is 5.91 Å². The van der Waals surface area contributed by atoms with Gasteiger partial charge in [-0.3, -0.25) is 19.4 Å². The molecule has 1 aromatic rings. The lowest BCUT2D eigenvalue weighted by Gasteiger charge is -2.08. The minimum atomic E-state index is -1.13. The first-order chi connectivity index (χ1) is 11.9. The molecule has 0 fully saturated rings. The Labute approximate surface area is 147 Å². The molecule has 1 aromatic heterocycles. The number of nitrogens with one attached hydrogen (secondary N) is 2. The van der Waals surface area contributed by atoms with Gasteiger partial charge in [-0.15, -0.1) is 0 Å². The van der Waals surface area contributed by atoms with Crippen LogP contribution in [0.4, 0.5) is 0 Å². The van der Waals surface area contributed by atoms with E-state index >= 15 is 0 Å². The molecular weight excluding hydrogens is 324 g/mol. The van der Waals surface area contributed by atoms with Gasteiger partial charge in [-0.05, 0) is 30.9 Å². The summed E-state index contributed by atoms with van der Waals surface area (Å²) in [5.74, 6) is -1.73. The van der Waals surface area contributed by atoms with Crippen LogP contribution in [0.15, 0.2) is 18.3 Å². The van der Waals surface area contributed by atoms with Crippen molar-refractivity contribution in [3.8, 4) is 0 Å². The molecule has 8 heteroatoms. The molecule has 138 valence electrons. The Morgan fingerprint density at radius 3 is 2.56 bits per heavy atom. The van der Waals surface area contributed by atoms with E-state index in [4.69, 9.17) is 10.8 Å². The minimum Gasteiger partial charge on any atom is -0.480 e. The van der Waals surface area contributed by atoms with Crippen molar-refractivity contribution in [1.29, 1.82) is 0 Å². The Kier molecular flexibility index (Phi) is 9.16. The zero-order valence-electron chi connectivity index (χ0n) is 14.5. The van der Waals surface area contributed by atoms with Crippen LogP contribution >= 0.6 is 0 Å². The molecule has 0 spiro atoms. The number of hydrogen-bond donors (Lipinski definition) is 4. The molecule has 8 nitrogen and oxygen atoms in total. The summed E-state index contributed by atoms with van der Waals surface area (Å²) < 4.78 is 0. The number of carbonyl (C=O) groups excluding carboxylic acids is 2. The van der Waals surface area contributed by atoms with Crippen molar-refractivity contribution in [2.24, 2.45) is 5.73 Å². The number of rotatable bonds is 11. The summed E-state index contributed by atoms with van der Waals surface area (Å²) >= 11 is 0. The summed E-state index contributed by atoms with van der Waals surface area (Å²) in [6.45, 7) is 2.63. The molecule has 2 amide bonds. The lowest BCUT2D eigenvalue weighted by molar-refractivity contribution is -0.138. The van der Waals surface area contributed by atoms with Crippen molar-refractivity contribution in [3.63, 3.8) is 0 Å². The first-order valence-electron chi connectivity index (χ1n) is 8.42. The Balaban J connectivity index is 2.23. The second kappa shape index (κ2) is 11.1. The fourth-order valence-corrected chi connectivity index (χ4v) is 2.05. The number of amides is 2. The summed E-state index contributed by atoms with van der Waals surface area (Å²) in [6.07, 6.45) is 4.95. The normalized spacial score (nSPS) is 11.6. The minimum absolute atomic E-state index is 0.0300. The monoisotopic (exact) mass is 350 g/mol. The largest absolute Gasteiger partial charge is 0.480 e. The molecule has 1 heterocycles. The molecule has 0 radical (unpaired) electrons. The maximum Gasteiger partial charge on any atom is 0.320 e. The van der Waals surface area contributed by atoms with E-state index in [-0.39, 0.29) is 37.7 Å². The average molecular weight is 350 g/mol. The summed E-state index contributed by atoms with van der Waals surface area (Å²) in [6, 6.07) is 2.54. The first kappa shape index (κ1) is 20.6. The summed E-state index contributed by atoms with van der Waals surface area (Å²) in [7, 11) is 0. The number of hydrogen-bond acceptors (Lipinski definition) is 5. The van der Waals surface area contributed by atoms with Gasteiger partial charge >= 0.3 is 5.97 Å². The van der Waals surface area contributed by atoms with E-state index in [1.54, 1.807) is 12.3 Å². The quantitative estimate of drug-likeness (QED) is 0.428. The van der Waals surface area contributed by atoms with Crippen molar-refractivity contribution in [1.82, 2.24) is 15.6 Å². The maximum absolute atomic E-state index is 11.9. The van der Waals surface area contributed by atoms with Crippen LogP contribution in [0, 0.1) is 0 Å². The molecule has 5 N–H and O–H groups in total. The Hall–Kier alpha value is -2.48. The third-order valence-electron chi connectivity index (χ3n) is 3.61. The molecule has 0 aliphatic rings. The molecule has 0 aliphatic carbocycles. The molecular formula is C17H26N4O4. The molecule has 0 bridgehead atoms. The molecule has 0 aliphatic heterocycles. The molecule has 0 saturated heterocycles. The number of nitrogens with two attached hydrogens (primary N) is 1. The number of pyridine rings is 1. The summed E-state index contributed by atoms with van der Waals surface area (Å²) in [5.41, 5.74) is 6.75. The number of aliphatic carboxylic acids is 1. The third-order valence-corrected chi connectivity index (χ3v) is 3.61. The zero-order chi connectivity index (χ0) is 18.7. The van der Waals surface area contributed by atoms with Crippen LogP contribution in [0.25, 0.3) is 0 Å². The SMILES string of the molecule is CCCCc1ccc(C(=O)NCCNC(=O)CC[C@H](N)C(=O)O)nc1. The smallest absolute Gasteiger partial charge is 0.320 e. The molecule has 0 unspecified atom stereocenters. The standard InChI is InChI=1S/C17H26N4O4/c1-2-3-4-12-5-7-14(21-11-12)16(23)20-10-9-19-15(22)8-6-13(18)17(24)25/h5,7,11,13H,2-4,6,8-10,18H2,1H3,(H,19,22)(H,20,23)(H,24,25)/t13-/m0/s1. The van der Waals surface area contributed by atoms with Crippen LogP contribution in [0.5, 0.6) is 0 Å². The highest BCUT2D eigenvalue weighted by Crippen LogP contribution is 2.05. The van der Waals surface area contributed by atoms with Gasteiger partial charge in [-0.2, -0.15) is 0 Å². The number of nitrogens with zero attached hydrogens (tertiary/aromatic N) is 1. The van der Waals surface area contributed by atoms with Gasteiger partial charge in [0.2, 0.25) is 5.91 Å². The number of carboxylic acid groups (broad SMARTS) is 1. The second-order valence-corrected chi connectivity index (χ2v) is 5.74. The average Bonchev–Trinajstić information content (AvgIpc) is 2.61. The van der Waals surface area contributed by atoms with Crippen molar-refractivity contribution in [2.45, 2.75) is 45.1 Å². The third kappa shape index (κ3) is 8.25. The maximum atomic E-state index is 11.9. The van der Waals surface area contributed by atoms with Crippen LogP contribution in [0.3, 0.4) is 0 Å². The number of aryl methyl sites for hydroxylation is 1. The molecule has 1 rings (SSSR count). The van der Waals surface area contributed by atoms with Crippen LogP contribution in [-0.2, 0) is 16.0 Å². The van der Waals surface area contributed by atoms with Crippen LogP contribution in [0.1, 0.15) is 48.7 Å². The van der Waals surface area contributed by atoms with E-state index in [1.807, 2.05) is 6.07 Å².